The minimum Gasteiger partial charge on any atom is -0.364 e. The first-order chi connectivity index (χ1) is 25.7. The van der Waals surface area contributed by atoms with Gasteiger partial charge < -0.3 is 25.4 Å². The molecule has 8 rings (SSSR count). The Bertz CT molecular complexity index is 2270. The number of aromatic nitrogens is 1. The van der Waals surface area contributed by atoms with Gasteiger partial charge in [-0.15, -0.1) is 11.3 Å². The third-order valence-electron chi connectivity index (χ3n) is 10.4. The van der Waals surface area contributed by atoms with Gasteiger partial charge in [0.15, 0.2) is 9.84 Å². The number of rotatable bonds is 10. The van der Waals surface area contributed by atoms with Gasteiger partial charge >= 0.3 is 0 Å². The van der Waals surface area contributed by atoms with Crippen LogP contribution in [0.25, 0.3) is 21.0 Å². The molecule has 2 aliphatic rings. The summed E-state index contributed by atoms with van der Waals surface area (Å²) >= 11 is 1.76. The molecule has 0 amide bonds. The fourth-order valence-corrected chi connectivity index (χ4v) is 9.59. The highest BCUT2D eigenvalue weighted by atomic mass is 32.2. The molecule has 6 aromatic rings. The molecule has 53 heavy (non-hydrogen) atoms. The van der Waals surface area contributed by atoms with Crippen LogP contribution in [0.4, 0.5) is 11.4 Å². The Hall–Kier alpha value is -4.00. The Kier molecular flexibility index (Phi) is 12.0. The molecular weight excluding hydrogens is 719 g/mol. The quantitative estimate of drug-likeness (QED) is 0.131. The van der Waals surface area contributed by atoms with Crippen LogP contribution in [0.2, 0.25) is 0 Å². The molecule has 11 heteroatoms. The molecule has 1 unspecified atom stereocenters. The van der Waals surface area contributed by atoms with E-state index in [-0.39, 0.29) is 0 Å². The molecule has 4 aromatic carbocycles. The SMILES string of the molecule is CS(=O)(=O)c1cccc(CN(c2ccc3sccc3c2)C2CCNCC2)c1.CS(=O)c1cccc(CN(c2ccc3[nH]ccc3c2)C2CCNCC2)c1. The summed E-state index contributed by atoms with van der Waals surface area (Å²) in [5, 5.41) is 11.5. The van der Waals surface area contributed by atoms with E-state index in [0.29, 0.717) is 23.5 Å². The van der Waals surface area contributed by atoms with Crippen molar-refractivity contribution in [2.75, 3.05) is 48.5 Å². The number of sulfone groups is 1. The summed E-state index contributed by atoms with van der Waals surface area (Å²) in [4.78, 5) is 9.52. The molecule has 0 bridgehead atoms. The van der Waals surface area contributed by atoms with Crippen LogP contribution < -0.4 is 20.4 Å². The Morgan fingerprint density at radius 3 is 1.96 bits per heavy atom. The van der Waals surface area contributed by atoms with Crippen LogP contribution in [0.5, 0.6) is 0 Å². The number of benzene rings is 4. The second kappa shape index (κ2) is 17.0. The van der Waals surface area contributed by atoms with Crippen molar-refractivity contribution >= 4 is 64.3 Å². The van der Waals surface area contributed by atoms with Crippen LogP contribution in [0.15, 0.2) is 118 Å². The summed E-state index contributed by atoms with van der Waals surface area (Å²) in [5.41, 5.74) is 5.87. The molecule has 0 saturated carbocycles. The third-order valence-corrected chi connectivity index (χ3v) is 13.3. The summed E-state index contributed by atoms with van der Waals surface area (Å²) in [6, 6.07) is 34.1. The molecule has 0 radical (unpaired) electrons. The van der Waals surface area contributed by atoms with E-state index in [4.69, 9.17) is 0 Å². The maximum atomic E-state index is 11.9. The summed E-state index contributed by atoms with van der Waals surface area (Å²) < 4.78 is 37.0. The molecule has 1 atom stereocenters. The number of hydrogen-bond donors (Lipinski definition) is 3. The van der Waals surface area contributed by atoms with Gasteiger partial charge in [0.2, 0.25) is 0 Å². The van der Waals surface area contributed by atoms with Crippen molar-refractivity contribution < 1.29 is 12.6 Å². The largest absolute Gasteiger partial charge is 0.364 e. The predicted octanol–water partition coefficient (Wildman–Crippen LogP) is 7.73. The molecule has 2 aromatic heterocycles. The lowest BCUT2D eigenvalue weighted by atomic mass is 10.0. The van der Waals surface area contributed by atoms with E-state index in [2.05, 4.69) is 91.5 Å². The van der Waals surface area contributed by atoms with Crippen LogP contribution in [0.3, 0.4) is 0 Å². The van der Waals surface area contributed by atoms with Gasteiger partial charge in [-0.05, 0) is 147 Å². The van der Waals surface area contributed by atoms with Crippen molar-refractivity contribution in [3.8, 4) is 0 Å². The van der Waals surface area contributed by atoms with Gasteiger partial charge in [0.25, 0.3) is 0 Å². The Morgan fingerprint density at radius 2 is 1.32 bits per heavy atom. The lowest BCUT2D eigenvalue weighted by Gasteiger charge is -2.36. The fraction of sp³-hybridized carbons (Fsp3) is 0.333. The van der Waals surface area contributed by atoms with Gasteiger partial charge in [-0.25, -0.2) is 8.42 Å². The fourth-order valence-electron chi connectivity index (χ4n) is 7.54. The average Bonchev–Trinajstić information content (AvgIpc) is 3.86. The highest BCUT2D eigenvalue weighted by Crippen LogP contribution is 2.31. The molecule has 4 heterocycles. The van der Waals surface area contributed by atoms with Gasteiger partial charge in [0.05, 0.1) is 4.90 Å². The standard InChI is InChI=1S/C21H25N3OS.C21H24N2O2S2/c1-26(25)20-4-2-3-16(13-20)15-24(18-8-10-22-11-9-18)19-5-6-21-17(14-19)7-12-23-21;1-27(24,25)20-4-2-3-16(13-20)15-23(18-7-10-22-11-8-18)19-5-6-21-17(14-19)9-12-26-21/h2-7,12-14,18,22-23H,8-11,15H2,1H3;2-6,9,12-14,18,22H,7-8,10-11,15H2,1H3. The van der Waals surface area contributed by atoms with E-state index in [1.807, 2.05) is 36.5 Å². The lowest BCUT2D eigenvalue weighted by molar-refractivity contribution is 0.428. The number of anilines is 2. The summed E-state index contributed by atoms with van der Waals surface area (Å²) in [5.74, 6) is 0. The molecular formula is C42H49N5O3S3. The number of nitrogens with one attached hydrogen (secondary N) is 3. The molecule has 0 aliphatic carbocycles. The summed E-state index contributed by atoms with van der Waals surface area (Å²) in [6.45, 7) is 5.71. The second-order valence-electron chi connectivity index (χ2n) is 14.1. The number of aromatic amines is 1. The van der Waals surface area contributed by atoms with E-state index < -0.39 is 20.6 Å². The van der Waals surface area contributed by atoms with E-state index in [9.17, 15) is 12.6 Å². The minimum atomic E-state index is -3.20. The first kappa shape index (κ1) is 37.3. The van der Waals surface area contributed by atoms with Crippen LogP contribution in [0, 0.1) is 0 Å². The summed E-state index contributed by atoms with van der Waals surface area (Å²) in [7, 11) is -4.15. The van der Waals surface area contributed by atoms with Crippen LogP contribution in [0.1, 0.15) is 36.8 Å². The maximum Gasteiger partial charge on any atom is 0.175 e. The number of hydrogen-bond acceptors (Lipinski definition) is 8. The molecule has 278 valence electrons. The zero-order valence-electron chi connectivity index (χ0n) is 30.5. The number of H-pyrrole nitrogens is 1. The smallest absolute Gasteiger partial charge is 0.175 e. The van der Waals surface area contributed by atoms with Crippen LogP contribution in [-0.2, 0) is 33.7 Å². The van der Waals surface area contributed by atoms with Gasteiger partial charge in [-0.2, -0.15) is 0 Å². The van der Waals surface area contributed by atoms with Gasteiger partial charge in [-0.3, -0.25) is 4.21 Å². The number of piperidine rings is 2. The van der Waals surface area contributed by atoms with Crippen molar-refractivity contribution in [1.29, 1.82) is 0 Å². The third kappa shape index (κ3) is 9.39. The van der Waals surface area contributed by atoms with E-state index in [0.717, 1.165) is 68.9 Å². The van der Waals surface area contributed by atoms with Crippen molar-refractivity contribution in [3.05, 3.63) is 120 Å². The van der Waals surface area contributed by atoms with E-state index in [1.165, 1.54) is 44.2 Å². The highest BCUT2D eigenvalue weighted by molar-refractivity contribution is 7.90. The van der Waals surface area contributed by atoms with E-state index in [1.54, 1.807) is 23.7 Å². The maximum absolute atomic E-state index is 11.9. The molecule has 2 aliphatic heterocycles. The molecule has 0 spiro atoms. The molecule has 8 nitrogen and oxygen atoms in total. The Balaban J connectivity index is 0.000000164. The minimum absolute atomic E-state index is 0.388. The van der Waals surface area contributed by atoms with Crippen LogP contribution in [-0.4, -0.2) is 68.4 Å². The first-order valence-electron chi connectivity index (χ1n) is 18.4. The van der Waals surface area contributed by atoms with Gasteiger partial charge in [0, 0.05) is 86.6 Å². The van der Waals surface area contributed by atoms with Crippen LogP contribution >= 0.6 is 11.3 Å². The first-order valence-corrected chi connectivity index (χ1v) is 22.7. The number of fused-ring (bicyclic) bond motifs is 2. The number of nitrogens with zero attached hydrogens (tertiary/aromatic N) is 2. The van der Waals surface area contributed by atoms with Crippen molar-refractivity contribution in [1.82, 2.24) is 15.6 Å². The van der Waals surface area contributed by atoms with Crippen molar-refractivity contribution in [2.24, 2.45) is 0 Å². The Labute approximate surface area is 320 Å². The second-order valence-corrected chi connectivity index (χ2v) is 18.5. The molecule has 2 saturated heterocycles. The molecule has 3 N–H and O–H groups in total. The van der Waals surface area contributed by atoms with Gasteiger partial charge in [0.1, 0.15) is 0 Å². The zero-order chi connectivity index (χ0) is 36.8. The van der Waals surface area contributed by atoms with Crippen molar-refractivity contribution in [3.63, 3.8) is 0 Å². The average molecular weight is 768 g/mol. The normalized spacial score (nSPS) is 16.3. The highest BCUT2D eigenvalue weighted by Gasteiger charge is 2.24. The molecule has 2 fully saturated rings. The Morgan fingerprint density at radius 1 is 0.717 bits per heavy atom. The topological polar surface area (TPSA) is 97.5 Å². The predicted molar refractivity (Wildman–Crippen MR) is 223 cm³/mol. The van der Waals surface area contributed by atoms with Gasteiger partial charge in [-0.1, -0.05) is 24.3 Å². The zero-order valence-corrected chi connectivity index (χ0v) is 32.9. The van der Waals surface area contributed by atoms with Crippen molar-refractivity contribution in [2.45, 2.75) is 60.6 Å². The summed E-state index contributed by atoms with van der Waals surface area (Å²) in [6.07, 6.45) is 9.46. The monoisotopic (exact) mass is 767 g/mol. The number of thiophene rings is 1. The lowest BCUT2D eigenvalue weighted by Crippen LogP contribution is -2.43. The van der Waals surface area contributed by atoms with E-state index >= 15 is 0 Å².